The highest BCUT2D eigenvalue weighted by Crippen LogP contribution is 2.26. The number of nitrogens with zero attached hydrogens (tertiary/aromatic N) is 1. The van der Waals surface area contributed by atoms with E-state index in [0.29, 0.717) is 17.0 Å². The van der Waals surface area contributed by atoms with Gasteiger partial charge >= 0.3 is 10.1 Å². The molecule has 0 fully saturated rings. The number of hydrogen-bond acceptors (Lipinski definition) is 5. The zero-order chi connectivity index (χ0) is 17.5. The largest absolute Gasteiger partial charge is 0.441 e. The molecule has 5 nitrogen and oxygen atoms in total. The summed E-state index contributed by atoms with van der Waals surface area (Å²) in [5, 5.41) is 0. The van der Waals surface area contributed by atoms with E-state index in [1.54, 1.807) is 49.4 Å². The molecule has 0 aliphatic carbocycles. The molecule has 1 aromatic heterocycles. The predicted molar refractivity (Wildman–Crippen MR) is 91.7 cm³/mol. The van der Waals surface area contributed by atoms with Gasteiger partial charge in [-0.2, -0.15) is 8.42 Å². The standard InChI is InChI=1S/C18H19NO4S/c1-12-19-16-11-14(7-10-17(16)22-12)23-24(20,21)15-8-5-13(6-9-15)18(2,3)4/h5-11H,1-4H3. The molecule has 126 valence electrons. The predicted octanol–water partition coefficient (Wildman–Crippen LogP) is 4.20. The van der Waals surface area contributed by atoms with Gasteiger partial charge in [0.1, 0.15) is 16.2 Å². The second-order valence-electron chi connectivity index (χ2n) is 6.67. The van der Waals surface area contributed by atoms with Crippen molar-refractivity contribution >= 4 is 21.2 Å². The molecule has 0 amide bonds. The molecule has 0 spiro atoms. The second-order valence-corrected chi connectivity index (χ2v) is 8.22. The number of benzene rings is 2. The molecular formula is C18H19NO4S. The van der Waals surface area contributed by atoms with Gasteiger partial charge in [-0.3, -0.25) is 0 Å². The van der Waals surface area contributed by atoms with Crippen molar-refractivity contribution < 1.29 is 17.0 Å². The summed E-state index contributed by atoms with van der Waals surface area (Å²) < 4.78 is 35.5. The number of aromatic nitrogens is 1. The van der Waals surface area contributed by atoms with Crippen LogP contribution in [0.2, 0.25) is 0 Å². The van der Waals surface area contributed by atoms with Crippen molar-refractivity contribution in [3.63, 3.8) is 0 Å². The highest BCUT2D eigenvalue weighted by atomic mass is 32.2. The van der Waals surface area contributed by atoms with Crippen LogP contribution in [0.25, 0.3) is 11.1 Å². The molecule has 0 aliphatic heterocycles. The van der Waals surface area contributed by atoms with E-state index in [1.165, 1.54) is 0 Å². The Kier molecular flexibility index (Phi) is 3.87. The van der Waals surface area contributed by atoms with Gasteiger partial charge in [0.15, 0.2) is 11.5 Å². The number of hydrogen-bond donors (Lipinski definition) is 0. The highest BCUT2D eigenvalue weighted by molar-refractivity contribution is 7.87. The summed E-state index contributed by atoms with van der Waals surface area (Å²) in [5.41, 5.74) is 2.16. The molecule has 0 saturated carbocycles. The van der Waals surface area contributed by atoms with Crippen molar-refractivity contribution in [2.24, 2.45) is 0 Å². The molecule has 3 rings (SSSR count). The molecular weight excluding hydrogens is 326 g/mol. The summed E-state index contributed by atoms with van der Waals surface area (Å²) >= 11 is 0. The fourth-order valence-corrected chi connectivity index (χ4v) is 3.29. The van der Waals surface area contributed by atoms with Crippen molar-refractivity contribution in [2.45, 2.75) is 38.0 Å². The van der Waals surface area contributed by atoms with Gasteiger partial charge in [0.05, 0.1) is 0 Å². The van der Waals surface area contributed by atoms with Crippen LogP contribution in [0.4, 0.5) is 0 Å². The average Bonchev–Trinajstić information content (AvgIpc) is 2.85. The maximum Gasteiger partial charge on any atom is 0.339 e. The van der Waals surface area contributed by atoms with Crippen LogP contribution >= 0.6 is 0 Å². The van der Waals surface area contributed by atoms with Gasteiger partial charge in [-0.1, -0.05) is 32.9 Å². The molecule has 0 radical (unpaired) electrons. The molecule has 0 saturated heterocycles. The smallest absolute Gasteiger partial charge is 0.339 e. The summed E-state index contributed by atoms with van der Waals surface area (Å²) in [5.74, 6) is 0.721. The van der Waals surface area contributed by atoms with Gasteiger partial charge in [0, 0.05) is 13.0 Å². The number of rotatable bonds is 3. The fourth-order valence-electron chi connectivity index (χ4n) is 2.37. The third-order valence-corrected chi connectivity index (χ3v) is 4.94. The average molecular weight is 345 g/mol. The van der Waals surface area contributed by atoms with E-state index >= 15 is 0 Å². The van der Waals surface area contributed by atoms with Crippen LogP contribution in [0.15, 0.2) is 51.8 Å². The zero-order valence-corrected chi connectivity index (χ0v) is 14.8. The monoisotopic (exact) mass is 345 g/mol. The first-order valence-corrected chi connectivity index (χ1v) is 8.98. The summed E-state index contributed by atoms with van der Waals surface area (Å²) in [4.78, 5) is 4.29. The first-order chi connectivity index (χ1) is 11.1. The Bertz CT molecular complexity index is 980. The molecule has 0 N–H and O–H groups in total. The molecule has 0 atom stereocenters. The minimum atomic E-state index is -3.90. The van der Waals surface area contributed by atoms with E-state index in [4.69, 9.17) is 8.60 Å². The Balaban J connectivity index is 1.89. The fraction of sp³-hybridized carbons (Fsp3) is 0.278. The Morgan fingerprint density at radius 3 is 2.33 bits per heavy atom. The van der Waals surface area contributed by atoms with Crippen LogP contribution in [0.3, 0.4) is 0 Å². The summed E-state index contributed by atoms with van der Waals surface area (Å²) in [6, 6.07) is 11.5. The van der Waals surface area contributed by atoms with E-state index in [2.05, 4.69) is 25.8 Å². The number of oxazole rings is 1. The molecule has 6 heteroatoms. The van der Waals surface area contributed by atoms with E-state index in [1.807, 2.05) is 0 Å². The molecule has 0 aliphatic rings. The van der Waals surface area contributed by atoms with Gasteiger partial charge in [-0.25, -0.2) is 4.98 Å². The molecule has 1 heterocycles. The first kappa shape index (κ1) is 16.5. The van der Waals surface area contributed by atoms with Crippen LogP contribution in [-0.4, -0.2) is 13.4 Å². The van der Waals surface area contributed by atoms with E-state index in [9.17, 15) is 8.42 Å². The molecule has 2 aromatic carbocycles. The minimum Gasteiger partial charge on any atom is -0.441 e. The lowest BCUT2D eigenvalue weighted by atomic mass is 9.87. The van der Waals surface area contributed by atoms with Gasteiger partial charge in [-0.05, 0) is 35.2 Å². The Morgan fingerprint density at radius 2 is 1.71 bits per heavy atom. The topological polar surface area (TPSA) is 69.4 Å². The minimum absolute atomic E-state index is 0.0427. The van der Waals surface area contributed by atoms with Gasteiger partial charge in [0.2, 0.25) is 0 Å². The Labute approximate surface area is 141 Å². The van der Waals surface area contributed by atoms with Crippen LogP contribution in [0.5, 0.6) is 5.75 Å². The third-order valence-electron chi connectivity index (χ3n) is 3.68. The maximum atomic E-state index is 12.4. The Hall–Kier alpha value is -2.34. The molecule has 3 aromatic rings. The van der Waals surface area contributed by atoms with Crippen LogP contribution in [0, 0.1) is 6.92 Å². The SMILES string of the molecule is Cc1nc2cc(OS(=O)(=O)c3ccc(C(C)(C)C)cc3)ccc2o1. The number of aryl methyl sites for hydroxylation is 1. The van der Waals surface area contributed by atoms with Crippen molar-refractivity contribution in [1.82, 2.24) is 4.98 Å². The van der Waals surface area contributed by atoms with Gasteiger partial charge in [-0.15, -0.1) is 0 Å². The summed E-state index contributed by atoms with van der Waals surface area (Å²) in [6.07, 6.45) is 0. The van der Waals surface area contributed by atoms with E-state index in [0.717, 1.165) is 5.56 Å². The van der Waals surface area contributed by atoms with Crippen LogP contribution < -0.4 is 4.18 Å². The van der Waals surface area contributed by atoms with E-state index in [-0.39, 0.29) is 16.1 Å². The quantitative estimate of drug-likeness (QED) is 0.665. The lowest BCUT2D eigenvalue weighted by molar-refractivity contribution is 0.486. The summed E-state index contributed by atoms with van der Waals surface area (Å²) in [6.45, 7) is 7.94. The number of fused-ring (bicyclic) bond motifs is 1. The van der Waals surface area contributed by atoms with Gasteiger partial charge < -0.3 is 8.60 Å². The van der Waals surface area contributed by atoms with Gasteiger partial charge in [0.25, 0.3) is 0 Å². The van der Waals surface area contributed by atoms with Crippen molar-refractivity contribution in [3.8, 4) is 5.75 Å². The van der Waals surface area contributed by atoms with Crippen molar-refractivity contribution in [2.75, 3.05) is 0 Å². The molecule has 0 bridgehead atoms. The zero-order valence-electron chi connectivity index (χ0n) is 14.0. The van der Waals surface area contributed by atoms with Crippen LogP contribution in [0.1, 0.15) is 32.2 Å². The summed E-state index contributed by atoms with van der Waals surface area (Å²) in [7, 11) is -3.90. The van der Waals surface area contributed by atoms with Crippen LogP contribution in [-0.2, 0) is 15.5 Å². The second kappa shape index (κ2) is 5.63. The maximum absolute atomic E-state index is 12.4. The lowest BCUT2D eigenvalue weighted by Gasteiger charge is -2.19. The normalized spacial score (nSPS) is 12.5. The third kappa shape index (κ3) is 3.28. The molecule has 24 heavy (non-hydrogen) atoms. The first-order valence-electron chi connectivity index (χ1n) is 7.57. The van der Waals surface area contributed by atoms with Crippen molar-refractivity contribution in [1.29, 1.82) is 0 Å². The molecule has 0 unspecified atom stereocenters. The van der Waals surface area contributed by atoms with E-state index < -0.39 is 10.1 Å². The van der Waals surface area contributed by atoms with Crippen molar-refractivity contribution in [3.05, 3.63) is 53.9 Å². The Morgan fingerprint density at radius 1 is 1.04 bits per heavy atom. The lowest BCUT2D eigenvalue weighted by Crippen LogP contribution is -2.13. The highest BCUT2D eigenvalue weighted by Gasteiger charge is 2.19.